The van der Waals surface area contributed by atoms with Gasteiger partial charge in [-0.1, -0.05) is 13.0 Å². The van der Waals surface area contributed by atoms with Crippen LogP contribution in [-0.4, -0.2) is 61.3 Å². The number of methoxy groups -OCH3 is 2. The molecule has 1 aromatic carbocycles. The fourth-order valence-electron chi connectivity index (χ4n) is 3.78. The zero-order valence-electron chi connectivity index (χ0n) is 17.7. The number of likely N-dealkylation sites (tertiary alicyclic amines) is 1. The molecule has 2 unspecified atom stereocenters. The molecule has 2 aromatic rings. The van der Waals surface area contributed by atoms with Crippen molar-refractivity contribution in [3.63, 3.8) is 0 Å². The van der Waals surface area contributed by atoms with Crippen LogP contribution in [0.5, 0.6) is 11.5 Å². The molecule has 0 radical (unpaired) electrons. The summed E-state index contributed by atoms with van der Waals surface area (Å²) in [6.45, 7) is 5.08. The van der Waals surface area contributed by atoms with Gasteiger partial charge in [0.05, 0.1) is 26.6 Å². The van der Waals surface area contributed by atoms with E-state index < -0.39 is 0 Å². The number of rotatable bonds is 6. The Kier molecular flexibility index (Phi) is 9.06. The van der Waals surface area contributed by atoms with Crippen LogP contribution in [0.4, 0.5) is 0 Å². The maximum absolute atomic E-state index is 5.39. The Bertz CT molecular complexity index is 781. The first-order valence-corrected chi connectivity index (χ1v) is 9.80. The largest absolute Gasteiger partial charge is 0.493 e. The molecule has 1 aliphatic rings. The van der Waals surface area contributed by atoms with Gasteiger partial charge in [-0.2, -0.15) is 0 Å². The lowest BCUT2D eigenvalue weighted by atomic mass is 9.93. The van der Waals surface area contributed by atoms with Crippen LogP contribution in [0.25, 0.3) is 0 Å². The standard InChI is InChI=1S/C21H31N5O2.HI/c1-16-8-11-25(14-18(16)26-12-10-23-15-26)21(22-2)24-9-7-17-5-6-19(27-3)20(13-17)28-4;/h5-6,10,12-13,15-16,18H,7-9,11,14H2,1-4H3,(H,22,24);1H. The van der Waals surface area contributed by atoms with E-state index in [1.54, 1.807) is 14.2 Å². The van der Waals surface area contributed by atoms with Gasteiger partial charge in [0.2, 0.25) is 0 Å². The summed E-state index contributed by atoms with van der Waals surface area (Å²) in [4.78, 5) is 11.1. The van der Waals surface area contributed by atoms with E-state index in [0.29, 0.717) is 12.0 Å². The predicted molar refractivity (Wildman–Crippen MR) is 127 cm³/mol. The molecule has 1 aromatic heterocycles. The summed E-state index contributed by atoms with van der Waals surface area (Å²) in [5, 5.41) is 3.51. The Morgan fingerprint density at radius 2 is 2.07 bits per heavy atom. The van der Waals surface area contributed by atoms with Crippen LogP contribution in [0.2, 0.25) is 0 Å². The van der Waals surface area contributed by atoms with Crippen LogP contribution in [0.15, 0.2) is 41.9 Å². The lowest BCUT2D eigenvalue weighted by Gasteiger charge is -2.39. The molecule has 1 saturated heterocycles. The van der Waals surface area contributed by atoms with Crippen LogP contribution in [0.3, 0.4) is 0 Å². The first-order chi connectivity index (χ1) is 13.7. The smallest absolute Gasteiger partial charge is 0.193 e. The summed E-state index contributed by atoms with van der Waals surface area (Å²) in [6, 6.07) is 6.47. The highest BCUT2D eigenvalue weighted by molar-refractivity contribution is 14.0. The van der Waals surface area contributed by atoms with Crippen LogP contribution >= 0.6 is 24.0 Å². The highest BCUT2D eigenvalue weighted by Gasteiger charge is 2.28. The van der Waals surface area contributed by atoms with Gasteiger partial charge in [0.15, 0.2) is 17.5 Å². The SMILES string of the molecule is CN=C(NCCc1ccc(OC)c(OC)c1)N1CCC(C)C(n2ccnc2)C1.I. The molecule has 29 heavy (non-hydrogen) atoms. The third-order valence-corrected chi connectivity index (χ3v) is 5.48. The second-order valence-electron chi connectivity index (χ2n) is 7.20. The minimum atomic E-state index is 0. The summed E-state index contributed by atoms with van der Waals surface area (Å²) in [5.74, 6) is 3.09. The second-order valence-corrected chi connectivity index (χ2v) is 7.20. The average molecular weight is 513 g/mol. The van der Waals surface area contributed by atoms with Crippen LogP contribution in [0, 0.1) is 5.92 Å². The monoisotopic (exact) mass is 513 g/mol. The molecule has 0 amide bonds. The van der Waals surface area contributed by atoms with Crippen molar-refractivity contribution in [1.29, 1.82) is 0 Å². The van der Waals surface area contributed by atoms with E-state index in [1.807, 2.05) is 31.7 Å². The zero-order chi connectivity index (χ0) is 19.9. The van der Waals surface area contributed by atoms with Gasteiger partial charge in [0.25, 0.3) is 0 Å². The second kappa shape index (κ2) is 11.3. The average Bonchev–Trinajstić information content (AvgIpc) is 3.26. The summed E-state index contributed by atoms with van der Waals surface area (Å²) in [6.07, 6.45) is 7.84. The van der Waals surface area contributed by atoms with Crippen molar-refractivity contribution in [2.45, 2.75) is 25.8 Å². The Hall–Kier alpha value is -1.97. The molecule has 7 nitrogen and oxygen atoms in total. The van der Waals surface area contributed by atoms with Crippen molar-refractivity contribution in [3.8, 4) is 11.5 Å². The van der Waals surface area contributed by atoms with Crippen molar-refractivity contribution in [1.82, 2.24) is 19.8 Å². The molecule has 1 N–H and O–H groups in total. The van der Waals surface area contributed by atoms with Gasteiger partial charge in [-0.15, -0.1) is 24.0 Å². The van der Waals surface area contributed by atoms with E-state index in [1.165, 1.54) is 5.56 Å². The Morgan fingerprint density at radius 1 is 1.28 bits per heavy atom. The fourth-order valence-corrected chi connectivity index (χ4v) is 3.78. The van der Waals surface area contributed by atoms with Gasteiger partial charge in [-0.05, 0) is 36.5 Å². The summed E-state index contributed by atoms with van der Waals surface area (Å²) < 4.78 is 12.9. The molecular formula is C21H32IN5O2. The number of halogens is 1. The van der Waals surface area contributed by atoms with Crippen molar-refractivity contribution in [2.24, 2.45) is 10.9 Å². The predicted octanol–water partition coefficient (Wildman–Crippen LogP) is 3.22. The van der Waals surface area contributed by atoms with Crippen molar-refractivity contribution in [2.75, 3.05) is 40.9 Å². The molecule has 1 fully saturated rings. The molecule has 0 spiro atoms. The summed E-state index contributed by atoms with van der Waals surface area (Å²) in [5.41, 5.74) is 1.20. The minimum absolute atomic E-state index is 0. The molecule has 2 heterocycles. The summed E-state index contributed by atoms with van der Waals surface area (Å²) in [7, 11) is 5.17. The van der Waals surface area contributed by atoms with Gasteiger partial charge in [-0.3, -0.25) is 4.99 Å². The van der Waals surface area contributed by atoms with Gasteiger partial charge < -0.3 is 24.3 Å². The lowest BCUT2D eigenvalue weighted by Crippen LogP contribution is -2.49. The number of ether oxygens (including phenoxy) is 2. The van der Waals surface area contributed by atoms with Crippen LogP contribution < -0.4 is 14.8 Å². The number of piperidine rings is 1. The number of hydrogen-bond donors (Lipinski definition) is 1. The van der Waals surface area contributed by atoms with Crippen molar-refractivity contribution in [3.05, 3.63) is 42.5 Å². The zero-order valence-corrected chi connectivity index (χ0v) is 20.0. The Morgan fingerprint density at radius 3 is 2.72 bits per heavy atom. The number of hydrogen-bond acceptors (Lipinski definition) is 4. The first kappa shape index (κ1) is 23.3. The molecule has 160 valence electrons. The third kappa shape index (κ3) is 5.77. The van der Waals surface area contributed by atoms with Crippen LogP contribution in [-0.2, 0) is 6.42 Å². The highest BCUT2D eigenvalue weighted by Crippen LogP contribution is 2.28. The van der Waals surface area contributed by atoms with Crippen molar-refractivity contribution < 1.29 is 9.47 Å². The number of benzene rings is 1. The Labute approximate surface area is 190 Å². The van der Waals surface area contributed by atoms with Gasteiger partial charge in [-0.25, -0.2) is 4.98 Å². The van der Waals surface area contributed by atoms with Crippen LogP contribution in [0.1, 0.15) is 24.9 Å². The van der Waals surface area contributed by atoms with E-state index in [-0.39, 0.29) is 24.0 Å². The summed E-state index contributed by atoms with van der Waals surface area (Å²) >= 11 is 0. The molecule has 8 heteroatoms. The van der Waals surface area contributed by atoms with Crippen molar-refractivity contribution >= 4 is 29.9 Å². The molecule has 3 rings (SSSR count). The maximum Gasteiger partial charge on any atom is 0.193 e. The molecular weight excluding hydrogens is 481 g/mol. The van der Waals surface area contributed by atoms with Gasteiger partial charge in [0, 0.05) is 39.1 Å². The van der Waals surface area contributed by atoms with Gasteiger partial charge in [0.1, 0.15) is 0 Å². The fraction of sp³-hybridized carbons (Fsp3) is 0.524. The normalized spacial score (nSPS) is 19.4. The molecule has 2 atom stereocenters. The minimum Gasteiger partial charge on any atom is -0.493 e. The Balaban J connectivity index is 0.00000300. The number of aromatic nitrogens is 2. The maximum atomic E-state index is 5.39. The number of guanidine groups is 1. The molecule has 0 saturated carbocycles. The molecule has 1 aliphatic heterocycles. The number of imidazole rings is 1. The van der Waals surface area contributed by atoms with E-state index in [2.05, 4.69) is 43.9 Å². The lowest BCUT2D eigenvalue weighted by molar-refractivity contribution is 0.189. The quantitative estimate of drug-likeness (QED) is 0.365. The molecule has 0 bridgehead atoms. The first-order valence-electron chi connectivity index (χ1n) is 9.80. The van der Waals surface area contributed by atoms with E-state index >= 15 is 0 Å². The molecule has 0 aliphatic carbocycles. The number of nitrogens with zero attached hydrogens (tertiary/aromatic N) is 4. The third-order valence-electron chi connectivity index (χ3n) is 5.48. The highest BCUT2D eigenvalue weighted by atomic mass is 127. The van der Waals surface area contributed by atoms with E-state index in [4.69, 9.17) is 9.47 Å². The van der Waals surface area contributed by atoms with Gasteiger partial charge >= 0.3 is 0 Å². The van der Waals surface area contributed by atoms with E-state index in [0.717, 1.165) is 49.9 Å². The number of nitrogens with one attached hydrogen (secondary N) is 1. The topological polar surface area (TPSA) is 63.9 Å². The number of aliphatic imine (C=N–C) groups is 1. The van der Waals surface area contributed by atoms with E-state index in [9.17, 15) is 0 Å².